The first-order valence-corrected chi connectivity index (χ1v) is 13.8. The molecule has 9 nitrogen and oxygen atoms in total. The van der Waals surface area contributed by atoms with E-state index in [4.69, 9.17) is 10.2 Å². The Morgan fingerprint density at radius 1 is 1.07 bits per heavy atom. The van der Waals surface area contributed by atoms with Crippen LogP contribution in [0.15, 0.2) is 71.1 Å². The lowest BCUT2D eigenvalue weighted by Gasteiger charge is -2.29. The summed E-state index contributed by atoms with van der Waals surface area (Å²) < 4.78 is 5.98. The van der Waals surface area contributed by atoms with Crippen molar-refractivity contribution in [3.63, 3.8) is 0 Å². The van der Waals surface area contributed by atoms with Gasteiger partial charge in [-0.15, -0.1) is 0 Å². The molecular weight excluding hydrogens is 518 g/mol. The van der Waals surface area contributed by atoms with Gasteiger partial charge in [0.25, 0.3) is 11.8 Å². The van der Waals surface area contributed by atoms with Crippen LogP contribution in [0.4, 0.5) is 17.4 Å². The van der Waals surface area contributed by atoms with Gasteiger partial charge < -0.3 is 15.5 Å². The Morgan fingerprint density at radius 2 is 1.78 bits per heavy atom. The first-order chi connectivity index (χ1) is 19.6. The van der Waals surface area contributed by atoms with Crippen LogP contribution in [0.3, 0.4) is 0 Å². The van der Waals surface area contributed by atoms with Gasteiger partial charge >= 0.3 is 6.01 Å². The summed E-state index contributed by atoms with van der Waals surface area (Å²) in [6.07, 6.45) is 1.08. The third-order valence-corrected chi connectivity index (χ3v) is 7.18. The number of benzene rings is 3. The Morgan fingerprint density at radius 3 is 2.49 bits per heavy atom. The van der Waals surface area contributed by atoms with Gasteiger partial charge in [-0.05, 0) is 75.9 Å². The van der Waals surface area contributed by atoms with Crippen molar-refractivity contribution < 1.29 is 18.8 Å². The second-order valence-electron chi connectivity index (χ2n) is 11.1. The average molecular weight is 554 g/mol. The van der Waals surface area contributed by atoms with Gasteiger partial charge in [-0.2, -0.15) is 4.98 Å². The Balaban J connectivity index is 1.56. The van der Waals surface area contributed by atoms with Gasteiger partial charge in [0.1, 0.15) is 11.6 Å². The third kappa shape index (κ3) is 5.71. The number of fused-ring (bicyclic) bond motifs is 2. The lowest BCUT2D eigenvalue weighted by Crippen LogP contribution is -2.49. The summed E-state index contributed by atoms with van der Waals surface area (Å²) in [6, 6.07) is 19.6. The predicted molar refractivity (Wildman–Crippen MR) is 159 cm³/mol. The number of hydrogen-bond donors (Lipinski definition) is 2. The van der Waals surface area contributed by atoms with Gasteiger partial charge in [0.2, 0.25) is 5.91 Å². The topological polar surface area (TPSA) is 122 Å². The molecule has 1 unspecified atom stereocenters. The van der Waals surface area contributed by atoms with Gasteiger partial charge in [-0.3, -0.25) is 24.2 Å². The summed E-state index contributed by atoms with van der Waals surface area (Å²) in [6.45, 7) is 7.62. The number of anilines is 3. The maximum atomic E-state index is 14.2. The molecule has 0 fully saturated rings. The van der Waals surface area contributed by atoms with Crippen molar-refractivity contribution in [3.8, 4) is 0 Å². The van der Waals surface area contributed by atoms with Crippen LogP contribution < -0.4 is 20.9 Å². The van der Waals surface area contributed by atoms with Crippen molar-refractivity contribution >= 4 is 46.2 Å². The van der Waals surface area contributed by atoms with E-state index in [1.54, 1.807) is 43.0 Å². The number of carbonyl (C=O) groups excluding carboxylic acids is 3. The van der Waals surface area contributed by atoms with Crippen LogP contribution in [0.25, 0.3) is 11.1 Å². The summed E-state index contributed by atoms with van der Waals surface area (Å²) in [4.78, 5) is 48.8. The quantitative estimate of drug-likeness (QED) is 0.331. The minimum Gasteiger partial charge on any atom is -0.423 e. The smallest absolute Gasteiger partial charge is 0.305 e. The number of nitrogens with two attached hydrogens (primary N) is 1. The fourth-order valence-electron chi connectivity index (χ4n) is 5.23. The van der Waals surface area contributed by atoms with E-state index in [0.717, 1.165) is 11.1 Å². The number of amides is 3. The fourth-order valence-corrected chi connectivity index (χ4v) is 5.23. The first kappa shape index (κ1) is 28.0. The molecule has 0 aliphatic carbocycles. The van der Waals surface area contributed by atoms with E-state index in [2.05, 4.69) is 10.3 Å². The Hall–Kier alpha value is -4.50. The highest BCUT2D eigenvalue weighted by molar-refractivity contribution is 6.14. The van der Waals surface area contributed by atoms with Crippen LogP contribution in [0.5, 0.6) is 0 Å². The number of rotatable bonds is 7. The summed E-state index contributed by atoms with van der Waals surface area (Å²) >= 11 is 0. The second kappa shape index (κ2) is 11.2. The maximum Gasteiger partial charge on any atom is 0.305 e. The molecule has 3 aromatic carbocycles. The molecule has 3 amide bonds. The molecule has 5 rings (SSSR count). The molecule has 9 heteroatoms. The highest BCUT2D eigenvalue weighted by Gasteiger charge is 2.35. The van der Waals surface area contributed by atoms with E-state index in [1.165, 1.54) is 4.90 Å². The van der Waals surface area contributed by atoms with E-state index in [-0.39, 0.29) is 30.2 Å². The minimum absolute atomic E-state index is 0.0776. The van der Waals surface area contributed by atoms with Crippen LogP contribution in [0.2, 0.25) is 0 Å². The van der Waals surface area contributed by atoms with Crippen molar-refractivity contribution in [1.82, 2.24) is 10.3 Å². The number of nitrogens with one attached hydrogen (secondary N) is 1. The second-order valence-corrected chi connectivity index (χ2v) is 11.1. The van der Waals surface area contributed by atoms with Crippen LogP contribution in [0.1, 0.15) is 55.1 Å². The van der Waals surface area contributed by atoms with E-state index in [9.17, 15) is 14.4 Å². The zero-order valence-corrected chi connectivity index (χ0v) is 23.8. The molecule has 1 atom stereocenters. The summed E-state index contributed by atoms with van der Waals surface area (Å²) in [5.41, 5.74) is 9.92. The van der Waals surface area contributed by atoms with Crippen LogP contribution in [-0.2, 0) is 16.0 Å². The maximum absolute atomic E-state index is 14.2. The van der Waals surface area contributed by atoms with E-state index >= 15 is 0 Å². The Bertz CT molecular complexity index is 1620. The van der Waals surface area contributed by atoms with Crippen molar-refractivity contribution in [3.05, 3.63) is 83.4 Å². The lowest BCUT2D eigenvalue weighted by atomic mass is 10.0. The van der Waals surface area contributed by atoms with Crippen molar-refractivity contribution in [1.29, 1.82) is 0 Å². The average Bonchev–Trinajstić information content (AvgIpc) is 3.31. The zero-order valence-electron chi connectivity index (χ0n) is 23.8. The number of nitrogens with zero attached hydrogens (tertiary/aromatic N) is 3. The summed E-state index contributed by atoms with van der Waals surface area (Å²) in [7, 11) is 0. The standard InChI is InChI=1S/C32H35N5O4/c1-5-36(31-35-28-20(2)11-10-16-26(28)41-31)29(39)22-13-7-9-15-25(22)37-24-14-8-6-12-21(24)17-18-23(30(37)40)34-27(38)19-32(3,4)33/h6-16,23H,5,17-19,33H2,1-4H3,(H,34,38). The van der Waals surface area contributed by atoms with Crippen molar-refractivity contribution in [2.75, 3.05) is 16.3 Å². The summed E-state index contributed by atoms with van der Waals surface area (Å²) in [5.74, 6) is -0.972. The highest BCUT2D eigenvalue weighted by Crippen LogP contribution is 2.36. The van der Waals surface area contributed by atoms with Gasteiger partial charge in [0.15, 0.2) is 5.58 Å². The lowest BCUT2D eigenvalue weighted by molar-refractivity contribution is -0.127. The molecule has 2 heterocycles. The number of carbonyl (C=O) groups is 3. The molecule has 1 aliphatic rings. The first-order valence-electron chi connectivity index (χ1n) is 13.8. The minimum atomic E-state index is -0.789. The van der Waals surface area contributed by atoms with Crippen LogP contribution in [-0.4, -0.2) is 40.8 Å². The van der Waals surface area contributed by atoms with Crippen LogP contribution >= 0.6 is 0 Å². The largest absolute Gasteiger partial charge is 0.423 e. The van der Waals surface area contributed by atoms with Gasteiger partial charge in [0, 0.05) is 18.5 Å². The van der Waals surface area contributed by atoms with E-state index in [0.29, 0.717) is 47.4 Å². The van der Waals surface area contributed by atoms with Gasteiger partial charge in [0.05, 0.1) is 16.9 Å². The highest BCUT2D eigenvalue weighted by atomic mass is 16.4. The Labute approximate surface area is 239 Å². The van der Waals surface area contributed by atoms with Gasteiger partial charge in [-0.1, -0.05) is 42.5 Å². The van der Waals surface area contributed by atoms with E-state index < -0.39 is 11.6 Å². The molecule has 0 spiro atoms. The molecule has 4 aromatic rings. The number of oxazole rings is 1. The number of aromatic nitrogens is 1. The molecule has 212 valence electrons. The molecule has 0 saturated carbocycles. The molecule has 0 bridgehead atoms. The number of para-hydroxylation sites is 3. The fraction of sp³-hybridized carbons (Fsp3) is 0.312. The van der Waals surface area contributed by atoms with Crippen molar-refractivity contribution in [2.45, 2.75) is 58.5 Å². The monoisotopic (exact) mass is 553 g/mol. The SMILES string of the molecule is CCN(C(=O)c1ccccc1N1C(=O)C(NC(=O)CC(C)(C)N)CCc2ccccc21)c1nc2c(C)cccc2o1. The molecular formula is C32H35N5O4. The molecule has 1 aliphatic heterocycles. The molecule has 0 radical (unpaired) electrons. The number of aryl methyl sites for hydroxylation is 2. The summed E-state index contributed by atoms with van der Waals surface area (Å²) in [5, 5.41) is 2.90. The number of hydrogen-bond acceptors (Lipinski definition) is 6. The zero-order chi connectivity index (χ0) is 29.3. The van der Waals surface area contributed by atoms with Crippen LogP contribution in [0, 0.1) is 6.92 Å². The molecule has 1 aromatic heterocycles. The third-order valence-electron chi connectivity index (χ3n) is 7.18. The van der Waals surface area contributed by atoms with Gasteiger partial charge in [-0.25, -0.2) is 0 Å². The van der Waals surface area contributed by atoms with Crippen molar-refractivity contribution in [2.24, 2.45) is 5.73 Å². The molecule has 3 N–H and O–H groups in total. The molecule has 41 heavy (non-hydrogen) atoms. The molecule has 0 saturated heterocycles. The predicted octanol–water partition coefficient (Wildman–Crippen LogP) is 5.03. The van der Waals surface area contributed by atoms with E-state index in [1.807, 2.05) is 56.3 Å². The normalized spacial score (nSPS) is 15.4. The Kier molecular flexibility index (Phi) is 7.64.